The van der Waals surface area contributed by atoms with Crippen LogP contribution in [-0.2, 0) is 10.8 Å². The molecule has 1 unspecified atom stereocenters. The fourth-order valence-electron chi connectivity index (χ4n) is 10.6. The van der Waals surface area contributed by atoms with E-state index < -0.39 is 0 Å². The molecular formula is C53H38N2. The molecular weight excluding hydrogens is 665 g/mol. The molecule has 0 radical (unpaired) electrons. The lowest BCUT2D eigenvalue weighted by Gasteiger charge is -2.43. The Hall–Kier alpha value is -6.64. The highest BCUT2D eigenvalue weighted by Crippen LogP contribution is 2.64. The van der Waals surface area contributed by atoms with Crippen molar-refractivity contribution in [1.29, 1.82) is 0 Å². The Morgan fingerprint density at radius 3 is 1.85 bits per heavy atom. The van der Waals surface area contributed by atoms with Crippen LogP contribution in [-0.4, -0.2) is 4.57 Å². The molecule has 0 amide bonds. The van der Waals surface area contributed by atoms with E-state index in [4.69, 9.17) is 0 Å². The van der Waals surface area contributed by atoms with Gasteiger partial charge < -0.3 is 9.47 Å². The molecule has 9 aromatic rings. The van der Waals surface area contributed by atoms with Crippen LogP contribution < -0.4 is 4.90 Å². The minimum atomic E-state index is -0.275. The van der Waals surface area contributed by atoms with Crippen LogP contribution in [0.3, 0.4) is 0 Å². The number of fused-ring (bicyclic) bond motifs is 11. The third-order valence-corrected chi connectivity index (χ3v) is 13.2. The molecule has 3 aliphatic rings. The van der Waals surface area contributed by atoms with Crippen molar-refractivity contribution in [3.05, 3.63) is 204 Å². The maximum Gasteiger partial charge on any atom is 0.0541 e. The van der Waals surface area contributed by atoms with Crippen LogP contribution in [0.5, 0.6) is 0 Å². The molecule has 1 aromatic heterocycles. The summed E-state index contributed by atoms with van der Waals surface area (Å²) in [5.74, 6) is 0. The van der Waals surface area contributed by atoms with Gasteiger partial charge in [-0.25, -0.2) is 0 Å². The monoisotopic (exact) mass is 702 g/mol. The van der Waals surface area contributed by atoms with Crippen molar-refractivity contribution in [2.45, 2.75) is 31.6 Å². The number of para-hydroxylation sites is 2. The maximum atomic E-state index is 2.56. The zero-order valence-corrected chi connectivity index (χ0v) is 31.1. The van der Waals surface area contributed by atoms with Gasteiger partial charge in [0.25, 0.3) is 0 Å². The fraction of sp³-hybridized carbons (Fsp3) is 0.0943. The first-order chi connectivity index (χ1) is 26.9. The summed E-state index contributed by atoms with van der Waals surface area (Å²) in [6.45, 7) is 7.25. The Bertz CT molecular complexity index is 3070. The highest BCUT2D eigenvalue weighted by Gasteiger charge is 2.50. The minimum Gasteiger partial charge on any atom is -0.310 e. The van der Waals surface area contributed by atoms with Gasteiger partial charge in [-0.3, -0.25) is 0 Å². The summed E-state index contributed by atoms with van der Waals surface area (Å²) in [4.78, 5) is 2.54. The SMILES string of the molecule is CC1(C)c2ccccc2-c2cc3c(cc21)C1(C)c2ccccc2-c2cccc(c21)N3c1ccc(-c2ccc3c(c2)c2ccccc2n3-c2ccccc2)cc1. The summed E-state index contributed by atoms with van der Waals surface area (Å²) in [7, 11) is 0. The highest BCUT2D eigenvalue weighted by atomic mass is 15.2. The molecule has 2 heterocycles. The van der Waals surface area contributed by atoms with E-state index in [1.165, 1.54) is 106 Å². The number of rotatable bonds is 3. The first kappa shape index (κ1) is 30.8. The summed E-state index contributed by atoms with van der Waals surface area (Å²) < 4.78 is 2.38. The van der Waals surface area contributed by atoms with E-state index in [0.717, 1.165) is 0 Å². The van der Waals surface area contributed by atoms with E-state index in [1.807, 2.05) is 0 Å². The fourth-order valence-corrected chi connectivity index (χ4v) is 10.6. The first-order valence-corrected chi connectivity index (χ1v) is 19.4. The molecule has 2 heteroatoms. The van der Waals surface area contributed by atoms with E-state index in [9.17, 15) is 0 Å². The van der Waals surface area contributed by atoms with Crippen LogP contribution in [0.4, 0.5) is 17.1 Å². The Morgan fingerprint density at radius 2 is 1.04 bits per heavy atom. The van der Waals surface area contributed by atoms with Crippen molar-refractivity contribution in [1.82, 2.24) is 4.57 Å². The zero-order valence-electron chi connectivity index (χ0n) is 31.1. The van der Waals surface area contributed by atoms with E-state index >= 15 is 0 Å². The zero-order chi connectivity index (χ0) is 36.6. The van der Waals surface area contributed by atoms with Gasteiger partial charge in [-0.2, -0.15) is 0 Å². The molecule has 12 rings (SSSR count). The summed E-state index contributed by atoms with van der Waals surface area (Å²) >= 11 is 0. The number of nitrogens with zero attached hydrogens (tertiary/aromatic N) is 2. The molecule has 0 spiro atoms. The van der Waals surface area contributed by atoms with Crippen molar-refractivity contribution in [2.75, 3.05) is 4.90 Å². The summed E-state index contributed by atoms with van der Waals surface area (Å²) in [6.07, 6.45) is 0. The molecule has 0 saturated carbocycles. The van der Waals surface area contributed by atoms with Gasteiger partial charge >= 0.3 is 0 Å². The molecule has 2 aliphatic carbocycles. The maximum absolute atomic E-state index is 2.56. The van der Waals surface area contributed by atoms with E-state index in [2.05, 4.69) is 206 Å². The van der Waals surface area contributed by atoms with Crippen LogP contribution in [0.25, 0.3) is 60.9 Å². The third-order valence-electron chi connectivity index (χ3n) is 13.2. The average Bonchev–Trinajstić information content (AvgIpc) is 3.79. The minimum absolute atomic E-state index is 0.0871. The van der Waals surface area contributed by atoms with Gasteiger partial charge in [-0.15, -0.1) is 0 Å². The highest BCUT2D eigenvalue weighted by molar-refractivity contribution is 6.10. The van der Waals surface area contributed by atoms with Gasteiger partial charge in [0, 0.05) is 33.0 Å². The quantitative estimate of drug-likeness (QED) is 0.178. The van der Waals surface area contributed by atoms with Gasteiger partial charge in [-0.05, 0) is 123 Å². The molecule has 1 aliphatic heterocycles. The third kappa shape index (κ3) is 3.94. The summed E-state index contributed by atoms with van der Waals surface area (Å²) in [5, 5.41) is 2.53. The van der Waals surface area contributed by atoms with Gasteiger partial charge in [0.2, 0.25) is 0 Å². The Balaban J connectivity index is 1.04. The predicted molar refractivity (Wildman–Crippen MR) is 229 cm³/mol. The standard InChI is InChI=1S/C53H38N2/c1-52(2)43-20-10-7-17-38(43)41-31-50-46(32-45(41)52)53(3)44-21-11-8-16-37(44)40-19-13-23-49(51(40)53)55(50)36-27-24-33(25-28-36)34-26-29-48-42(30-34)39-18-9-12-22-47(39)54(48)35-14-5-4-6-15-35/h4-32H,1-3H3. The molecule has 0 saturated heterocycles. The summed E-state index contributed by atoms with van der Waals surface area (Å²) in [5.41, 5.74) is 21.8. The number of benzene rings is 8. The lowest BCUT2D eigenvalue weighted by atomic mass is 9.69. The van der Waals surface area contributed by atoms with Gasteiger partial charge in [-0.1, -0.05) is 135 Å². The average molecular weight is 703 g/mol. The van der Waals surface area contributed by atoms with Crippen LogP contribution in [0, 0.1) is 0 Å². The first-order valence-electron chi connectivity index (χ1n) is 19.4. The van der Waals surface area contributed by atoms with Crippen LogP contribution in [0.15, 0.2) is 176 Å². The lowest BCUT2D eigenvalue weighted by molar-refractivity contribution is 0.650. The smallest absolute Gasteiger partial charge is 0.0541 e. The van der Waals surface area contributed by atoms with Gasteiger partial charge in [0.05, 0.1) is 22.4 Å². The van der Waals surface area contributed by atoms with E-state index in [0.29, 0.717) is 0 Å². The molecule has 55 heavy (non-hydrogen) atoms. The number of hydrogen-bond acceptors (Lipinski definition) is 1. The van der Waals surface area contributed by atoms with Crippen LogP contribution >= 0.6 is 0 Å². The van der Waals surface area contributed by atoms with Crippen molar-refractivity contribution < 1.29 is 0 Å². The second-order valence-electron chi connectivity index (χ2n) is 16.3. The molecule has 0 N–H and O–H groups in total. The molecule has 0 bridgehead atoms. The number of anilines is 3. The molecule has 2 nitrogen and oxygen atoms in total. The number of hydrogen-bond donors (Lipinski definition) is 0. The van der Waals surface area contributed by atoms with Crippen LogP contribution in [0.2, 0.25) is 0 Å². The van der Waals surface area contributed by atoms with E-state index in [-0.39, 0.29) is 10.8 Å². The van der Waals surface area contributed by atoms with Gasteiger partial charge in [0.15, 0.2) is 0 Å². The molecule has 1 atom stereocenters. The van der Waals surface area contributed by atoms with Crippen molar-refractivity contribution in [3.63, 3.8) is 0 Å². The second-order valence-corrected chi connectivity index (χ2v) is 16.3. The molecule has 260 valence electrons. The predicted octanol–water partition coefficient (Wildman–Crippen LogP) is 13.9. The largest absolute Gasteiger partial charge is 0.310 e. The Morgan fingerprint density at radius 1 is 0.382 bits per heavy atom. The second kappa shape index (κ2) is 10.7. The van der Waals surface area contributed by atoms with Crippen molar-refractivity contribution >= 4 is 38.9 Å². The number of aromatic nitrogens is 1. The normalized spacial score (nSPS) is 16.8. The Kier molecular flexibility index (Phi) is 6.01. The van der Waals surface area contributed by atoms with Crippen LogP contribution in [0.1, 0.15) is 48.6 Å². The van der Waals surface area contributed by atoms with Crippen molar-refractivity contribution in [2.24, 2.45) is 0 Å². The van der Waals surface area contributed by atoms with Crippen molar-refractivity contribution in [3.8, 4) is 39.1 Å². The lowest BCUT2D eigenvalue weighted by Crippen LogP contribution is -2.33. The molecule has 8 aromatic carbocycles. The Labute approximate surface area is 321 Å². The topological polar surface area (TPSA) is 8.17 Å². The summed E-state index contributed by atoms with van der Waals surface area (Å²) in [6, 6.07) is 65.7. The van der Waals surface area contributed by atoms with E-state index in [1.54, 1.807) is 0 Å². The molecule has 0 fully saturated rings. The van der Waals surface area contributed by atoms with Gasteiger partial charge in [0.1, 0.15) is 0 Å².